The van der Waals surface area contributed by atoms with Gasteiger partial charge in [-0.05, 0) is 66.7 Å². The smallest absolute Gasteiger partial charge is 0.339 e. The summed E-state index contributed by atoms with van der Waals surface area (Å²) in [6, 6.07) is 21.8. The lowest BCUT2D eigenvalue weighted by atomic mass is 10.2. The molecule has 0 aliphatic carbocycles. The van der Waals surface area contributed by atoms with Crippen molar-refractivity contribution in [3.05, 3.63) is 94.9 Å². The van der Waals surface area contributed by atoms with Gasteiger partial charge >= 0.3 is 10.1 Å². The molecule has 0 saturated carbocycles. The molecule has 0 spiro atoms. The van der Waals surface area contributed by atoms with Crippen molar-refractivity contribution in [1.29, 1.82) is 0 Å². The zero-order chi connectivity index (χ0) is 24.1. The maximum Gasteiger partial charge on any atom is 0.339 e. The zero-order valence-electron chi connectivity index (χ0n) is 18.2. The van der Waals surface area contributed by atoms with Crippen LogP contribution in [0.25, 0.3) is 6.08 Å². The Kier molecular flexibility index (Phi) is 7.04. The van der Waals surface area contributed by atoms with Gasteiger partial charge in [0.15, 0.2) is 0 Å². The van der Waals surface area contributed by atoms with Gasteiger partial charge in [0, 0.05) is 0 Å². The Bertz CT molecular complexity index is 1340. The van der Waals surface area contributed by atoms with Crippen LogP contribution in [0, 0.1) is 6.92 Å². The Hall–Kier alpha value is -3.56. The van der Waals surface area contributed by atoms with E-state index in [-0.39, 0.29) is 33.9 Å². The molecule has 1 saturated heterocycles. The fourth-order valence-corrected chi connectivity index (χ4v) is 4.94. The number of amides is 2. The molecule has 0 aromatic heterocycles. The normalized spacial score (nSPS) is 15.1. The molecule has 4 rings (SSSR count). The van der Waals surface area contributed by atoms with Crippen molar-refractivity contribution in [2.24, 2.45) is 0 Å². The van der Waals surface area contributed by atoms with Gasteiger partial charge in [0.05, 0.1) is 11.4 Å². The van der Waals surface area contributed by atoms with Crippen LogP contribution >= 0.6 is 11.8 Å². The van der Waals surface area contributed by atoms with E-state index in [4.69, 9.17) is 8.92 Å². The van der Waals surface area contributed by atoms with Gasteiger partial charge in [0.1, 0.15) is 23.0 Å². The van der Waals surface area contributed by atoms with Crippen molar-refractivity contribution in [2.75, 3.05) is 13.2 Å². The number of ether oxygens (including phenoxy) is 1. The molecule has 1 aliphatic rings. The molecule has 0 radical (unpaired) electrons. The first-order chi connectivity index (χ1) is 16.3. The molecule has 2 amide bonds. The Morgan fingerprint density at radius 3 is 2.35 bits per heavy atom. The van der Waals surface area contributed by atoms with E-state index in [2.05, 4.69) is 0 Å². The van der Waals surface area contributed by atoms with Crippen LogP contribution in [0.15, 0.2) is 88.7 Å². The topological polar surface area (TPSA) is 90.0 Å². The maximum atomic E-state index is 12.7. The van der Waals surface area contributed by atoms with E-state index in [0.29, 0.717) is 11.3 Å². The van der Waals surface area contributed by atoms with E-state index < -0.39 is 16.0 Å². The third-order valence-electron chi connectivity index (χ3n) is 4.87. The van der Waals surface area contributed by atoms with Gasteiger partial charge < -0.3 is 8.92 Å². The third-order valence-corrected chi connectivity index (χ3v) is 7.04. The molecule has 0 N–H and O–H groups in total. The Morgan fingerprint density at radius 2 is 1.62 bits per heavy atom. The van der Waals surface area contributed by atoms with Crippen molar-refractivity contribution >= 4 is 39.1 Å². The van der Waals surface area contributed by atoms with Crippen molar-refractivity contribution in [3.63, 3.8) is 0 Å². The van der Waals surface area contributed by atoms with Gasteiger partial charge in [0.25, 0.3) is 11.1 Å². The molecule has 7 nitrogen and oxygen atoms in total. The van der Waals surface area contributed by atoms with Gasteiger partial charge in [-0.1, -0.05) is 48.0 Å². The lowest BCUT2D eigenvalue weighted by molar-refractivity contribution is -0.123. The molecule has 1 heterocycles. The lowest BCUT2D eigenvalue weighted by Gasteiger charge is -2.13. The Balaban J connectivity index is 1.43. The number of thioether (sulfide) groups is 1. The van der Waals surface area contributed by atoms with Gasteiger partial charge in [-0.3, -0.25) is 14.5 Å². The molecule has 9 heteroatoms. The summed E-state index contributed by atoms with van der Waals surface area (Å²) in [5.41, 5.74) is 1.46. The molecular formula is C25H21NO6S2. The van der Waals surface area contributed by atoms with Crippen LogP contribution in [0.1, 0.15) is 11.1 Å². The van der Waals surface area contributed by atoms with E-state index in [1.54, 1.807) is 36.4 Å². The van der Waals surface area contributed by atoms with Crippen molar-refractivity contribution in [3.8, 4) is 11.5 Å². The highest BCUT2D eigenvalue weighted by Crippen LogP contribution is 2.32. The van der Waals surface area contributed by atoms with Gasteiger partial charge in [-0.15, -0.1) is 0 Å². The SMILES string of the molecule is Cc1ccc(S(=O)(=O)Oc2cccc(/C=C3\SC(=O)N(CCOc4ccccc4)C3=O)c2)cc1. The van der Waals surface area contributed by atoms with E-state index in [1.165, 1.54) is 30.3 Å². The lowest BCUT2D eigenvalue weighted by Crippen LogP contribution is -2.32. The van der Waals surface area contributed by atoms with Crippen LogP contribution in [0.3, 0.4) is 0 Å². The van der Waals surface area contributed by atoms with Crippen molar-refractivity contribution in [1.82, 2.24) is 4.90 Å². The largest absolute Gasteiger partial charge is 0.492 e. The third kappa shape index (κ3) is 5.67. The molecule has 1 fully saturated rings. The first-order valence-electron chi connectivity index (χ1n) is 10.4. The number of carbonyl (C=O) groups is 2. The monoisotopic (exact) mass is 495 g/mol. The summed E-state index contributed by atoms with van der Waals surface area (Å²) in [4.78, 5) is 26.5. The Labute approximate surface area is 202 Å². The minimum absolute atomic E-state index is 0.0438. The van der Waals surface area contributed by atoms with E-state index in [9.17, 15) is 18.0 Å². The van der Waals surface area contributed by atoms with E-state index in [0.717, 1.165) is 22.2 Å². The fourth-order valence-electron chi connectivity index (χ4n) is 3.15. The molecule has 3 aromatic rings. The van der Waals surface area contributed by atoms with E-state index >= 15 is 0 Å². The molecule has 174 valence electrons. The van der Waals surface area contributed by atoms with Crippen LogP contribution in [0.4, 0.5) is 4.79 Å². The number of para-hydroxylation sites is 1. The number of imide groups is 1. The van der Waals surface area contributed by atoms with Gasteiger partial charge in [0.2, 0.25) is 0 Å². The number of aryl methyl sites for hydroxylation is 1. The van der Waals surface area contributed by atoms with Crippen LogP contribution in [0.2, 0.25) is 0 Å². The number of nitrogens with zero attached hydrogens (tertiary/aromatic N) is 1. The standard InChI is InChI=1S/C25H21NO6S2/c1-18-10-12-22(13-11-18)34(29,30)32-21-9-5-6-19(16-21)17-23-24(27)26(25(28)33-23)14-15-31-20-7-3-2-4-8-20/h2-13,16-17H,14-15H2,1H3/b23-17-. The number of rotatable bonds is 8. The summed E-state index contributed by atoms with van der Waals surface area (Å²) in [5.74, 6) is 0.331. The second kappa shape index (κ2) is 10.1. The summed E-state index contributed by atoms with van der Waals surface area (Å²) < 4.78 is 35.9. The van der Waals surface area contributed by atoms with Gasteiger partial charge in [-0.25, -0.2) is 0 Å². The summed E-state index contributed by atoms with van der Waals surface area (Å²) in [7, 11) is -4.00. The minimum Gasteiger partial charge on any atom is -0.492 e. The molecule has 0 atom stereocenters. The highest BCUT2D eigenvalue weighted by atomic mass is 32.2. The number of hydrogen-bond acceptors (Lipinski definition) is 7. The number of benzene rings is 3. The maximum absolute atomic E-state index is 12.7. The van der Waals surface area contributed by atoms with Crippen LogP contribution in [0.5, 0.6) is 11.5 Å². The molecule has 34 heavy (non-hydrogen) atoms. The number of hydrogen-bond donors (Lipinski definition) is 0. The predicted molar refractivity (Wildman–Crippen MR) is 130 cm³/mol. The molecule has 1 aliphatic heterocycles. The van der Waals surface area contributed by atoms with Crippen molar-refractivity contribution < 1.29 is 26.9 Å². The first kappa shape index (κ1) is 23.6. The highest BCUT2D eigenvalue weighted by molar-refractivity contribution is 8.18. The van der Waals surface area contributed by atoms with E-state index in [1.807, 2.05) is 25.1 Å². The Morgan fingerprint density at radius 1 is 0.912 bits per heavy atom. The highest BCUT2D eigenvalue weighted by Gasteiger charge is 2.34. The summed E-state index contributed by atoms with van der Waals surface area (Å²) in [6.45, 7) is 2.16. The van der Waals surface area contributed by atoms with Crippen LogP contribution in [-0.4, -0.2) is 37.6 Å². The summed E-state index contributed by atoms with van der Waals surface area (Å²) in [6.07, 6.45) is 1.54. The minimum atomic E-state index is -4.00. The summed E-state index contributed by atoms with van der Waals surface area (Å²) in [5, 5.41) is -0.387. The first-order valence-corrected chi connectivity index (χ1v) is 12.6. The average Bonchev–Trinajstić information content (AvgIpc) is 3.07. The average molecular weight is 496 g/mol. The number of carbonyl (C=O) groups excluding carboxylic acids is 2. The summed E-state index contributed by atoms with van der Waals surface area (Å²) >= 11 is 0.824. The van der Waals surface area contributed by atoms with Crippen molar-refractivity contribution in [2.45, 2.75) is 11.8 Å². The quantitative estimate of drug-likeness (QED) is 0.325. The second-order valence-electron chi connectivity index (χ2n) is 7.42. The van der Waals surface area contributed by atoms with Gasteiger partial charge in [-0.2, -0.15) is 8.42 Å². The molecule has 0 bridgehead atoms. The molecule has 3 aromatic carbocycles. The fraction of sp³-hybridized carbons (Fsp3) is 0.120. The second-order valence-corrected chi connectivity index (χ2v) is 9.96. The van der Waals surface area contributed by atoms with Crippen LogP contribution in [-0.2, 0) is 14.9 Å². The molecule has 0 unspecified atom stereocenters. The molecular weight excluding hydrogens is 474 g/mol. The zero-order valence-corrected chi connectivity index (χ0v) is 19.8. The van der Waals surface area contributed by atoms with Crippen LogP contribution < -0.4 is 8.92 Å². The predicted octanol–water partition coefficient (Wildman–Crippen LogP) is 4.88.